The molecule has 0 rings (SSSR count). The van der Waals surface area contributed by atoms with Gasteiger partial charge in [-0.1, -0.05) is 13.0 Å². The fourth-order valence-corrected chi connectivity index (χ4v) is 0.359. The molecule has 0 amide bonds. The van der Waals surface area contributed by atoms with Gasteiger partial charge in [-0.15, -0.1) is 0 Å². The molecule has 0 aromatic rings. The quantitative estimate of drug-likeness (QED) is 0.581. The number of hydrogen-bond acceptors (Lipinski definition) is 2. The molecule has 0 fully saturated rings. The number of aliphatic hydroxyl groups is 1. The van der Waals surface area contributed by atoms with Gasteiger partial charge in [-0.3, -0.25) is 0 Å². The molecule has 0 saturated heterocycles. The van der Waals surface area contributed by atoms with Crippen molar-refractivity contribution in [3.05, 3.63) is 12.3 Å². The van der Waals surface area contributed by atoms with Gasteiger partial charge >= 0.3 is 0 Å². The van der Waals surface area contributed by atoms with Crippen LogP contribution in [0.25, 0.3) is 0 Å². The average Bonchev–Trinajstić information content (AvgIpc) is 1.80. The molecule has 1 N–H and O–H groups in total. The van der Waals surface area contributed by atoms with Gasteiger partial charge in [-0.25, -0.2) is 0 Å². The lowest BCUT2D eigenvalue weighted by atomic mass is 10.4. The minimum absolute atomic E-state index is 0.369. The van der Waals surface area contributed by atoms with Gasteiger partial charge in [0.2, 0.25) is 0 Å². The second kappa shape index (κ2) is 5.63. The lowest BCUT2D eigenvalue weighted by Crippen LogP contribution is -2.06. The maximum absolute atomic E-state index is 8.69. The summed E-state index contributed by atoms with van der Waals surface area (Å²) in [5.74, 6) is 0. The smallest absolute Gasteiger partial charge is 0.113 e. The molecular weight excluding hydrogens is 116 g/mol. The summed E-state index contributed by atoms with van der Waals surface area (Å²) >= 11 is 0. The van der Waals surface area contributed by atoms with Crippen molar-refractivity contribution in [2.24, 2.45) is 0 Å². The highest BCUT2D eigenvalue weighted by molar-refractivity contribution is 4.70. The van der Waals surface area contributed by atoms with Crippen molar-refractivity contribution in [2.75, 3.05) is 6.61 Å². The van der Waals surface area contributed by atoms with E-state index in [1.165, 1.54) is 0 Å². The van der Waals surface area contributed by atoms with Crippen LogP contribution in [0.2, 0.25) is 0 Å². The van der Waals surface area contributed by atoms with Gasteiger partial charge in [0.05, 0.1) is 12.4 Å². The van der Waals surface area contributed by atoms with Crippen LogP contribution in [0.15, 0.2) is 12.3 Å². The van der Waals surface area contributed by atoms with Gasteiger partial charge in [0.15, 0.2) is 0 Å². The topological polar surface area (TPSA) is 29.5 Å². The third-order valence-electron chi connectivity index (χ3n) is 0.766. The highest BCUT2D eigenvalue weighted by Gasteiger charge is 1.89. The molecule has 0 saturated carbocycles. The zero-order valence-electron chi connectivity index (χ0n) is 6.00. The molecule has 0 aliphatic rings. The summed E-state index contributed by atoms with van der Waals surface area (Å²) in [6.07, 6.45) is 4.13. The van der Waals surface area contributed by atoms with Crippen LogP contribution in [0.1, 0.15) is 20.3 Å². The van der Waals surface area contributed by atoms with E-state index in [1.54, 1.807) is 13.2 Å². The lowest BCUT2D eigenvalue weighted by molar-refractivity contribution is 0.0974. The Morgan fingerprint density at radius 2 is 2.33 bits per heavy atom. The van der Waals surface area contributed by atoms with Gasteiger partial charge in [-0.05, 0) is 13.3 Å². The molecule has 2 nitrogen and oxygen atoms in total. The van der Waals surface area contributed by atoms with Crippen molar-refractivity contribution in [1.82, 2.24) is 0 Å². The predicted octanol–water partition coefficient (Wildman–Crippen LogP) is 1.31. The van der Waals surface area contributed by atoms with E-state index in [1.807, 2.05) is 13.0 Å². The first-order chi connectivity index (χ1) is 4.27. The molecule has 0 bridgehead atoms. The van der Waals surface area contributed by atoms with Gasteiger partial charge in [0, 0.05) is 0 Å². The van der Waals surface area contributed by atoms with Gasteiger partial charge in [-0.2, -0.15) is 0 Å². The zero-order valence-corrected chi connectivity index (χ0v) is 6.00. The number of allylic oxidation sites excluding steroid dienone is 1. The number of aliphatic hydroxyl groups excluding tert-OH is 1. The molecule has 0 aliphatic heterocycles. The molecular formula is C7H14O2. The van der Waals surface area contributed by atoms with E-state index in [0.29, 0.717) is 6.61 Å². The van der Waals surface area contributed by atoms with E-state index in [4.69, 9.17) is 9.84 Å². The molecule has 0 heterocycles. The summed E-state index contributed by atoms with van der Waals surface area (Å²) < 4.78 is 4.90. The third-order valence-corrected chi connectivity index (χ3v) is 0.766. The Morgan fingerprint density at radius 3 is 2.78 bits per heavy atom. The van der Waals surface area contributed by atoms with Crippen LogP contribution in [0.5, 0.6) is 0 Å². The first-order valence-corrected chi connectivity index (χ1v) is 3.22. The van der Waals surface area contributed by atoms with Gasteiger partial charge in [0.1, 0.15) is 6.61 Å². The van der Waals surface area contributed by atoms with Crippen molar-refractivity contribution in [1.29, 1.82) is 0 Å². The Kier molecular flexibility index (Phi) is 5.32. The van der Waals surface area contributed by atoms with Crippen LogP contribution in [0, 0.1) is 0 Å². The molecule has 9 heavy (non-hydrogen) atoms. The Bertz CT molecular complexity index is 77.0. The second-order valence-electron chi connectivity index (χ2n) is 1.96. The minimum Gasteiger partial charge on any atom is -0.499 e. The van der Waals surface area contributed by atoms with Crippen molar-refractivity contribution < 1.29 is 9.84 Å². The fraction of sp³-hybridized carbons (Fsp3) is 0.714. The molecule has 0 spiro atoms. The summed E-state index contributed by atoms with van der Waals surface area (Å²) in [5.41, 5.74) is 0. The molecule has 54 valence electrons. The Morgan fingerprint density at radius 1 is 1.67 bits per heavy atom. The molecule has 2 heteroatoms. The fourth-order valence-electron chi connectivity index (χ4n) is 0.359. The van der Waals surface area contributed by atoms with Gasteiger partial charge in [0.25, 0.3) is 0 Å². The monoisotopic (exact) mass is 130 g/mol. The second-order valence-corrected chi connectivity index (χ2v) is 1.96. The normalized spacial score (nSPS) is 14.1. The Hall–Kier alpha value is -0.500. The number of rotatable bonds is 4. The first-order valence-electron chi connectivity index (χ1n) is 3.22. The van der Waals surface area contributed by atoms with Crippen LogP contribution in [0.3, 0.4) is 0 Å². The summed E-state index contributed by atoms with van der Waals surface area (Å²) in [6, 6.07) is 0. The van der Waals surface area contributed by atoms with Crippen LogP contribution >= 0.6 is 0 Å². The van der Waals surface area contributed by atoms with E-state index in [-0.39, 0.29) is 6.10 Å². The zero-order chi connectivity index (χ0) is 7.11. The number of ether oxygens (including phenoxy) is 1. The average molecular weight is 130 g/mol. The summed E-state index contributed by atoms with van der Waals surface area (Å²) in [5, 5.41) is 8.69. The maximum atomic E-state index is 8.69. The van der Waals surface area contributed by atoms with E-state index in [9.17, 15) is 0 Å². The van der Waals surface area contributed by atoms with E-state index in [0.717, 1.165) is 6.42 Å². The maximum Gasteiger partial charge on any atom is 0.113 e. The Balaban J connectivity index is 2.99. The van der Waals surface area contributed by atoms with E-state index in [2.05, 4.69) is 0 Å². The molecule has 1 atom stereocenters. The summed E-state index contributed by atoms with van der Waals surface area (Å²) in [7, 11) is 0. The minimum atomic E-state index is -0.369. The molecule has 0 aliphatic carbocycles. The highest BCUT2D eigenvalue weighted by atomic mass is 16.5. The lowest BCUT2D eigenvalue weighted by Gasteiger charge is -2.01. The van der Waals surface area contributed by atoms with Crippen LogP contribution in [-0.4, -0.2) is 17.8 Å². The van der Waals surface area contributed by atoms with Crippen LogP contribution in [-0.2, 0) is 4.74 Å². The largest absolute Gasteiger partial charge is 0.499 e. The molecule has 0 aromatic heterocycles. The van der Waals surface area contributed by atoms with Crippen molar-refractivity contribution in [3.63, 3.8) is 0 Å². The number of hydrogen-bond donors (Lipinski definition) is 1. The Labute approximate surface area is 56.1 Å². The SMILES string of the molecule is CCC=COCC(C)O. The van der Waals surface area contributed by atoms with Crippen LogP contribution in [0.4, 0.5) is 0 Å². The molecule has 1 unspecified atom stereocenters. The van der Waals surface area contributed by atoms with E-state index < -0.39 is 0 Å². The summed E-state index contributed by atoms with van der Waals surface area (Å²) in [4.78, 5) is 0. The van der Waals surface area contributed by atoms with Crippen LogP contribution < -0.4 is 0 Å². The van der Waals surface area contributed by atoms with Crippen molar-refractivity contribution in [3.8, 4) is 0 Å². The highest BCUT2D eigenvalue weighted by Crippen LogP contribution is 1.85. The predicted molar refractivity (Wildman–Crippen MR) is 37.1 cm³/mol. The third kappa shape index (κ3) is 7.50. The molecule has 0 radical (unpaired) electrons. The summed E-state index contributed by atoms with van der Waals surface area (Å²) in [6.45, 7) is 4.11. The standard InChI is InChI=1S/C7H14O2/c1-3-4-5-9-6-7(2)8/h4-5,7-8H,3,6H2,1-2H3. The van der Waals surface area contributed by atoms with Gasteiger partial charge < -0.3 is 9.84 Å². The van der Waals surface area contributed by atoms with Crippen molar-refractivity contribution >= 4 is 0 Å². The van der Waals surface area contributed by atoms with Crippen molar-refractivity contribution in [2.45, 2.75) is 26.4 Å². The first kappa shape index (κ1) is 8.50. The van der Waals surface area contributed by atoms with E-state index >= 15 is 0 Å². The molecule has 0 aromatic carbocycles.